The maximum atomic E-state index is 12.0. The first-order valence-electron chi connectivity index (χ1n) is 13.1. The molecule has 218 valence electrons. The number of carboxylic acid groups (broad SMARTS) is 1. The van der Waals surface area contributed by atoms with Crippen molar-refractivity contribution in [2.45, 2.75) is 0 Å². The van der Waals surface area contributed by atoms with E-state index in [1.54, 1.807) is 36.4 Å². The monoisotopic (exact) mass is 573 g/mol. The topological polar surface area (TPSA) is 180 Å². The minimum absolute atomic E-state index is 0.131. The van der Waals surface area contributed by atoms with Crippen molar-refractivity contribution in [1.82, 2.24) is 20.3 Å². The highest BCUT2D eigenvalue weighted by molar-refractivity contribution is 5.94. The van der Waals surface area contributed by atoms with Crippen LogP contribution >= 0.6 is 0 Å². The lowest BCUT2D eigenvalue weighted by Crippen LogP contribution is -2.27. The van der Waals surface area contributed by atoms with Gasteiger partial charge in [0, 0.05) is 30.0 Å². The Bertz CT molecular complexity index is 1440. The smallest absolute Gasteiger partial charge is 0.335 e. The fraction of sp³-hybridized carbons (Fsp3) is 0.207. The fourth-order valence-electron chi connectivity index (χ4n) is 3.55. The van der Waals surface area contributed by atoms with Gasteiger partial charge in [-0.25, -0.2) is 4.79 Å². The van der Waals surface area contributed by atoms with Gasteiger partial charge in [0.1, 0.15) is 5.75 Å². The number of hydrogen-bond acceptors (Lipinski definition) is 11. The Balaban J connectivity index is 1.23. The number of aromatic nitrogens is 3. The van der Waals surface area contributed by atoms with Crippen molar-refractivity contribution >= 4 is 41.1 Å². The Morgan fingerprint density at radius 2 is 1.19 bits per heavy atom. The molecule has 13 nitrogen and oxygen atoms in total. The van der Waals surface area contributed by atoms with Gasteiger partial charge in [0.2, 0.25) is 17.8 Å². The lowest BCUT2D eigenvalue weighted by Gasteiger charge is -2.12. The van der Waals surface area contributed by atoms with Crippen molar-refractivity contribution < 1.29 is 29.3 Å². The summed E-state index contributed by atoms with van der Waals surface area (Å²) in [7, 11) is 0. The normalized spacial score (nSPS) is 10.6. The molecule has 0 bridgehead atoms. The van der Waals surface area contributed by atoms with E-state index in [2.05, 4.69) is 36.2 Å². The summed E-state index contributed by atoms with van der Waals surface area (Å²) in [5.74, 6) is -0.275. The van der Waals surface area contributed by atoms with E-state index in [1.807, 2.05) is 18.2 Å². The number of ether oxygens (including phenoxy) is 2. The quantitative estimate of drug-likeness (QED) is 0.0848. The van der Waals surface area contributed by atoms with Crippen LogP contribution in [0.4, 0.5) is 29.2 Å². The summed E-state index contributed by atoms with van der Waals surface area (Å²) in [5, 5.41) is 30.7. The second kappa shape index (κ2) is 15.5. The summed E-state index contributed by atoms with van der Waals surface area (Å²) in [6.07, 6.45) is 0. The average Bonchev–Trinajstić information content (AvgIpc) is 3.00. The predicted molar refractivity (Wildman–Crippen MR) is 157 cm³/mol. The molecule has 3 aromatic carbocycles. The van der Waals surface area contributed by atoms with Crippen LogP contribution in [0.25, 0.3) is 0 Å². The van der Waals surface area contributed by atoms with Crippen molar-refractivity contribution in [2.75, 3.05) is 55.5 Å². The van der Waals surface area contributed by atoms with Gasteiger partial charge in [-0.05, 0) is 60.7 Å². The maximum Gasteiger partial charge on any atom is 0.335 e. The van der Waals surface area contributed by atoms with Gasteiger partial charge in [-0.15, -0.1) is 0 Å². The van der Waals surface area contributed by atoms with Gasteiger partial charge in [-0.1, -0.05) is 18.2 Å². The number of aromatic carboxylic acids is 1. The highest BCUT2D eigenvalue weighted by Crippen LogP contribution is 2.20. The second-order valence-corrected chi connectivity index (χ2v) is 8.76. The van der Waals surface area contributed by atoms with E-state index in [4.69, 9.17) is 14.6 Å². The molecule has 1 aromatic heterocycles. The molecule has 0 aliphatic rings. The highest BCUT2D eigenvalue weighted by atomic mass is 16.5. The maximum absolute atomic E-state index is 12.0. The molecule has 0 fully saturated rings. The molecular weight excluding hydrogens is 542 g/mol. The number of anilines is 5. The Hall–Kier alpha value is -5.27. The third-order valence-electron chi connectivity index (χ3n) is 5.62. The minimum atomic E-state index is -1.02. The number of amides is 1. The third-order valence-corrected chi connectivity index (χ3v) is 5.62. The number of phenols is 1. The largest absolute Gasteiger partial charge is 0.508 e. The van der Waals surface area contributed by atoms with Crippen molar-refractivity contribution in [1.29, 1.82) is 0 Å². The average molecular weight is 574 g/mol. The first-order valence-corrected chi connectivity index (χ1v) is 13.1. The van der Waals surface area contributed by atoms with Gasteiger partial charge in [-0.2, -0.15) is 15.0 Å². The third kappa shape index (κ3) is 9.73. The van der Waals surface area contributed by atoms with Gasteiger partial charge in [0.25, 0.3) is 5.91 Å². The Morgan fingerprint density at radius 3 is 1.79 bits per heavy atom. The molecular formula is C29H31N7O6. The Kier molecular flexibility index (Phi) is 11.0. The van der Waals surface area contributed by atoms with Gasteiger partial charge >= 0.3 is 5.97 Å². The zero-order valence-electron chi connectivity index (χ0n) is 22.6. The molecule has 0 saturated heterocycles. The fourth-order valence-corrected chi connectivity index (χ4v) is 3.55. The van der Waals surface area contributed by atoms with Crippen LogP contribution in [0.3, 0.4) is 0 Å². The molecule has 4 rings (SSSR count). The number of nitrogens with one attached hydrogen (secondary N) is 4. The predicted octanol–water partition coefficient (Wildman–Crippen LogP) is 3.64. The molecule has 0 saturated carbocycles. The minimum Gasteiger partial charge on any atom is -0.508 e. The van der Waals surface area contributed by atoms with E-state index in [0.29, 0.717) is 56.5 Å². The first-order chi connectivity index (χ1) is 20.5. The number of phenolic OH excluding ortho intramolecular Hbond substituents is 1. The van der Waals surface area contributed by atoms with Crippen molar-refractivity contribution in [2.24, 2.45) is 0 Å². The summed E-state index contributed by atoms with van der Waals surface area (Å²) < 4.78 is 11.1. The lowest BCUT2D eigenvalue weighted by molar-refractivity contribution is 0.0519. The summed E-state index contributed by atoms with van der Waals surface area (Å²) in [4.78, 5) is 36.3. The van der Waals surface area contributed by atoms with Gasteiger partial charge in [0.05, 0.1) is 32.0 Å². The Labute approximate surface area is 242 Å². The van der Waals surface area contributed by atoms with E-state index in [-0.39, 0.29) is 35.1 Å². The summed E-state index contributed by atoms with van der Waals surface area (Å²) in [6.45, 7) is 2.29. The van der Waals surface area contributed by atoms with Gasteiger partial charge in [0.15, 0.2) is 0 Å². The van der Waals surface area contributed by atoms with Gasteiger partial charge < -0.3 is 41.0 Å². The van der Waals surface area contributed by atoms with Crippen molar-refractivity contribution in [3.8, 4) is 5.75 Å². The molecule has 0 atom stereocenters. The standard InChI is InChI=1S/C29H31N7O6/c37-24-12-10-23(11-13-24)33-29-35-27(34-28(36-29)32-22-8-6-21(7-9-22)26(39)40)31-15-17-42-19-18-41-16-14-30-25(38)20-4-2-1-3-5-20/h1-13,37H,14-19H2,(H,30,38)(H,39,40)(H3,31,32,33,34,35,36). The molecule has 13 heteroatoms. The number of carbonyl (C=O) groups excluding carboxylic acids is 1. The molecule has 42 heavy (non-hydrogen) atoms. The number of carbonyl (C=O) groups is 2. The van der Waals surface area contributed by atoms with E-state index >= 15 is 0 Å². The zero-order valence-corrected chi connectivity index (χ0v) is 22.6. The first kappa shape index (κ1) is 29.7. The number of hydrogen-bond donors (Lipinski definition) is 6. The molecule has 0 aliphatic carbocycles. The number of nitrogens with zero attached hydrogens (tertiary/aromatic N) is 3. The van der Waals surface area contributed by atoms with Crippen LogP contribution in [0, 0.1) is 0 Å². The van der Waals surface area contributed by atoms with E-state index in [9.17, 15) is 14.7 Å². The van der Waals surface area contributed by atoms with Crippen molar-refractivity contribution in [3.63, 3.8) is 0 Å². The molecule has 6 N–H and O–H groups in total. The van der Waals surface area contributed by atoms with Crippen LogP contribution in [0.15, 0.2) is 78.9 Å². The Morgan fingerprint density at radius 1 is 0.643 bits per heavy atom. The number of carboxylic acids is 1. The summed E-state index contributed by atoms with van der Waals surface area (Å²) in [6, 6.07) is 21.6. The highest BCUT2D eigenvalue weighted by Gasteiger charge is 2.09. The number of aromatic hydroxyl groups is 1. The SMILES string of the molecule is O=C(O)c1ccc(Nc2nc(NCCOCCOCCNC(=O)c3ccccc3)nc(Nc3ccc(O)cc3)n2)cc1. The van der Waals surface area contributed by atoms with Gasteiger partial charge in [-0.3, -0.25) is 4.79 Å². The van der Waals surface area contributed by atoms with Crippen molar-refractivity contribution in [3.05, 3.63) is 90.0 Å². The lowest BCUT2D eigenvalue weighted by atomic mass is 10.2. The van der Waals surface area contributed by atoms with Crippen LogP contribution < -0.4 is 21.3 Å². The molecule has 0 spiro atoms. The number of benzene rings is 3. The molecule has 0 radical (unpaired) electrons. The summed E-state index contributed by atoms with van der Waals surface area (Å²) in [5.41, 5.74) is 2.01. The molecule has 4 aromatic rings. The van der Waals surface area contributed by atoms with Crippen LogP contribution in [-0.4, -0.2) is 76.6 Å². The van der Waals surface area contributed by atoms with Crippen LogP contribution in [0.2, 0.25) is 0 Å². The molecule has 0 unspecified atom stereocenters. The second-order valence-electron chi connectivity index (χ2n) is 8.76. The van der Waals surface area contributed by atoms with Crippen LogP contribution in [0.5, 0.6) is 5.75 Å². The van der Waals surface area contributed by atoms with E-state index < -0.39 is 5.97 Å². The molecule has 1 heterocycles. The van der Waals surface area contributed by atoms with E-state index in [1.165, 1.54) is 24.3 Å². The van der Waals surface area contributed by atoms with Crippen LogP contribution in [-0.2, 0) is 9.47 Å². The van der Waals surface area contributed by atoms with E-state index in [0.717, 1.165) is 0 Å². The summed E-state index contributed by atoms with van der Waals surface area (Å²) >= 11 is 0. The molecule has 0 aliphatic heterocycles. The van der Waals surface area contributed by atoms with Crippen LogP contribution in [0.1, 0.15) is 20.7 Å². The number of rotatable bonds is 16. The zero-order chi connectivity index (χ0) is 29.6. The molecule has 1 amide bonds.